The molecule has 1 atom stereocenters. The quantitative estimate of drug-likeness (QED) is 0.411. The molecule has 11 nitrogen and oxygen atoms in total. The first-order valence-electron chi connectivity index (χ1n) is 12.7. The third kappa shape index (κ3) is 4.71. The highest BCUT2D eigenvalue weighted by Crippen LogP contribution is 2.32. The van der Waals surface area contributed by atoms with E-state index >= 15 is 0 Å². The van der Waals surface area contributed by atoms with Crippen molar-refractivity contribution < 1.29 is 9.84 Å². The predicted octanol–water partition coefficient (Wildman–Crippen LogP) is 1.96. The second-order valence-electron chi connectivity index (χ2n) is 9.70. The number of aliphatic hydroxyl groups excluding tert-OH is 1. The fraction of sp³-hybridized carbons (Fsp3) is 0.370. The molecular formula is C27H29N9O2. The van der Waals surface area contributed by atoms with Crippen molar-refractivity contribution in [2.45, 2.75) is 19.1 Å². The molecule has 0 radical (unpaired) electrons. The van der Waals surface area contributed by atoms with E-state index in [2.05, 4.69) is 36.9 Å². The molecule has 194 valence electrons. The number of hydrogen-bond acceptors (Lipinski definition) is 10. The van der Waals surface area contributed by atoms with Crippen LogP contribution in [0.15, 0.2) is 49.2 Å². The summed E-state index contributed by atoms with van der Waals surface area (Å²) in [5, 5.41) is 24.1. The van der Waals surface area contributed by atoms with Gasteiger partial charge < -0.3 is 19.6 Å². The van der Waals surface area contributed by atoms with E-state index in [4.69, 9.17) is 14.7 Å². The van der Waals surface area contributed by atoms with Crippen molar-refractivity contribution in [2.24, 2.45) is 0 Å². The number of piperazine rings is 1. The van der Waals surface area contributed by atoms with Crippen molar-refractivity contribution in [3.8, 4) is 23.2 Å². The standard InChI is InChI=1S/C27H29N9O2/c1-38-26-3-2-19(12-31-26)16-33-6-8-34(9-7-33)25-15-29-24(14-30-25)23-10-21(35-5-4-22(37)18-35)17-36-27(23)20(11-28)13-32-36/h2-3,10,12-15,17,22,37H,4-9,16,18H2,1H3/t22-/m0/s1. The van der Waals surface area contributed by atoms with Gasteiger partial charge in [-0.1, -0.05) is 6.07 Å². The summed E-state index contributed by atoms with van der Waals surface area (Å²) in [5.74, 6) is 1.46. The molecule has 0 saturated carbocycles. The van der Waals surface area contributed by atoms with E-state index in [1.165, 1.54) is 0 Å². The van der Waals surface area contributed by atoms with Crippen molar-refractivity contribution in [3.05, 3.63) is 60.3 Å². The van der Waals surface area contributed by atoms with Gasteiger partial charge in [0.15, 0.2) is 0 Å². The Morgan fingerprint density at radius 1 is 1.03 bits per heavy atom. The minimum absolute atomic E-state index is 0.339. The number of pyridine rings is 2. The lowest BCUT2D eigenvalue weighted by Gasteiger charge is -2.35. The minimum atomic E-state index is -0.339. The molecule has 4 aromatic heterocycles. The Kier molecular flexibility index (Phi) is 6.49. The summed E-state index contributed by atoms with van der Waals surface area (Å²) in [4.78, 5) is 20.6. The summed E-state index contributed by atoms with van der Waals surface area (Å²) < 4.78 is 6.87. The molecule has 0 amide bonds. The van der Waals surface area contributed by atoms with Crippen LogP contribution in [-0.2, 0) is 6.54 Å². The average Bonchev–Trinajstić information content (AvgIpc) is 3.59. The van der Waals surface area contributed by atoms with Gasteiger partial charge in [-0.05, 0) is 18.1 Å². The van der Waals surface area contributed by atoms with Crippen LogP contribution in [0.5, 0.6) is 5.88 Å². The number of fused-ring (bicyclic) bond motifs is 1. The second kappa shape index (κ2) is 10.2. The van der Waals surface area contributed by atoms with Crippen LogP contribution in [0.3, 0.4) is 0 Å². The Hall–Kier alpha value is -4.27. The summed E-state index contributed by atoms with van der Waals surface area (Å²) in [7, 11) is 1.62. The van der Waals surface area contributed by atoms with Crippen LogP contribution in [0.2, 0.25) is 0 Å². The number of anilines is 2. The lowest BCUT2D eigenvalue weighted by molar-refractivity contribution is 0.198. The Morgan fingerprint density at radius 3 is 2.55 bits per heavy atom. The normalized spacial score (nSPS) is 18.2. The van der Waals surface area contributed by atoms with Gasteiger partial charge in [-0.15, -0.1) is 0 Å². The third-order valence-electron chi connectivity index (χ3n) is 7.27. The molecule has 6 heterocycles. The van der Waals surface area contributed by atoms with Gasteiger partial charge in [0.05, 0.1) is 60.5 Å². The third-order valence-corrected chi connectivity index (χ3v) is 7.27. The van der Waals surface area contributed by atoms with Crippen molar-refractivity contribution >= 4 is 17.0 Å². The predicted molar refractivity (Wildman–Crippen MR) is 142 cm³/mol. The fourth-order valence-corrected chi connectivity index (χ4v) is 5.18. The summed E-state index contributed by atoms with van der Waals surface area (Å²) >= 11 is 0. The van der Waals surface area contributed by atoms with E-state index < -0.39 is 0 Å². The number of aromatic nitrogens is 5. The maximum absolute atomic E-state index is 10.0. The molecule has 38 heavy (non-hydrogen) atoms. The number of aliphatic hydroxyl groups is 1. The molecule has 11 heteroatoms. The highest BCUT2D eigenvalue weighted by Gasteiger charge is 2.24. The monoisotopic (exact) mass is 511 g/mol. The van der Waals surface area contributed by atoms with Gasteiger partial charge in [-0.2, -0.15) is 10.4 Å². The van der Waals surface area contributed by atoms with Crippen LogP contribution in [0.25, 0.3) is 16.8 Å². The van der Waals surface area contributed by atoms with E-state index in [1.54, 1.807) is 24.0 Å². The lowest BCUT2D eigenvalue weighted by atomic mass is 10.1. The van der Waals surface area contributed by atoms with Crippen LogP contribution in [0.1, 0.15) is 17.5 Å². The molecule has 6 rings (SSSR count). The molecule has 0 aromatic carbocycles. The van der Waals surface area contributed by atoms with Crippen LogP contribution < -0.4 is 14.5 Å². The number of methoxy groups -OCH3 is 1. The van der Waals surface area contributed by atoms with Gasteiger partial charge in [0.25, 0.3) is 0 Å². The van der Waals surface area contributed by atoms with Crippen molar-refractivity contribution in [3.63, 3.8) is 0 Å². The number of ether oxygens (including phenoxy) is 1. The van der Waals surface area contributed by atoms with Gasteiger partial charge in [-0.25, -0.2) is 14.5 Å². The zero-order valence-corrected chi connectivity index (χ0v) is 21.2. The van der Waals surface area contributed by atoms with Crippen LogP contribution in [0.4, 0.5) is 11.5 Å². The van der Waals surface area contributed by atoms with E-state index in [-0.39, 0.29) is 6.10 Å². The maximum Gasteiger partial charge on any atom is 0.212 e. The molecule has 0 bridgehead atoms. The molecule has 0 unspecified atom stereocenters. The SMILES string of the molecule is COc1ccc(CN2CCN(c3cnc(-c4cc(N5CC[C@H](O)C5)cn5ncc(C#N)c45)cn3)CC2)cn1. The van der Waals surface area contributed by atoms with Crippen molar-refractivity contribution in [1.82, 2.24) is 29.5 Å². The Labute approximate surface area is 220 Å². The highest BCUT2D eigenvalue weighted by atomic mass is 16.5. The zero-order chi connectivity index (χ0) is 26.1. The molecule has 1 N–H and O–H groups in total. The van der Waals surface area contributed by atoms with Gasteiger partial charge in [0.2, 0.25) is 5.88 Å². The summed E-state index contributed by atoms with van der Waals surface area (Å²) in [6.07, 6.45) is 9.32. The minimum Gasteiger partial charge on any atom is -0.481 e. The van der Waals surface area contributed by atoms with E-state index in [0.29, 0.717) is 29.2 Å². The number of hydrogen-bond donors (Lipinski definition) is 1. The highest BCUT2D eigenvalue weighted by molar-refractivity contribution is 5.85. The second-order valence-corrected chi connectivity index (χ2v) is 9.70. The zero-order valence-electron chi connectivity index (χ0n) is 21.2. The number of rotatable bonds is 6. The van der Waals surface area contributed by atoms with Gasteiger partial charge >= 0.3 is 0 Å². The smallest absolute Gasteiger partial charge is 0.212 e. The molecule has 2 saturated heterocycles. The molecule has 0 aliphatic carbocycles. The van der Waals surface area contributed by atoms with E-state index in [9.17, 15) is 10.4 Å². The van der Waals surface area contributed by atoms with Crippen LogP contribution in [-0.4, -0.2) is 87.1 Å². The summed E-state index contributed by atoms with van der Waals surface area (Å²) in [6.45, 7) is 5.74. The van der Waals surface area contributed by atoms with Crippen molar-refractivity contribution in [1.29, 1.82) is 5.26 Å². The Balaban J connectivity index is 1.19. The molecule has 2 fully saturated rings. The topological polar surface area (TPSA) is 119 Å². The van der Waals surface area contributed by atoms with Gasteiger partial charge in [-0.3, -0.25) is 9.88 Å². The van der Waals surface area contributed by atoms with E-state index in [0.717, 1.165) is 68.3 Å². The Bertz CT molecular complexity index is 1460. The summed E-state index contributed by atoms with van der Waals surface area (Å²) in [5.41, 5.74) is 4.78. The number of β-amino-alcohol motifs (C(OH)–C–C–N with tert-alkyl or cyclic N) is 1. The molecule has 2 aliphatic rings. The first-order valence-corrected chi connectivity index (χ1v) is 12.7. The Morgan fingerprint density at radius 2 is 1.89 bits per heavy atom. The fourth-order valence-electron chi connectivity index (χ4n) is 5.18. The first-order chi connectivity index (χ1) is 18.6. The van der Waals surface area contributed by atoms with Crippen LogP contribution in [0, 0.1) is 11.3 Å². The van der Waals surface area contributed by atoms with Crippen molar-refractivity contribution in [2.75, 3.05) is 56.2 Å². The van der Waals surface area contributed by atoms with Crippen LogP contribution >= 0.6 is 0 Å². The summed E-state index contributed by atoms with van der Waals surface area (Å²) in [6, 6.07) is 8.21. The molecule has 0 spiro atoms. The number of nitriles is 1. The first kappa shape index (κ1) is 24.1. The van der Waals surface area contributed by atoms with Gasteiger partial charge in [0, 0.05) is 63.6 Å². The lowest BCUT2D eigenvalue weighted by Crippen LogP contribution is -2.46. The largest absolute Gasteiger partial charge is 0.481 e. The molecular weight excluding hydrogens is 482 g/mol. The average molecular weight is 512 g/mol. The van der Waals surface area contributed by atoms with Gasteiger partial charge in [0.1, 0.15) is 11.9 Å². The van der Waals surface area contributed by atoms with E-state index in [1.807, 2.05) is 30.7 Å². The molecule has 2 aliphatic heterocycles. The molecule has 4 aromatic rings. The number of nitrogens with zero attached hydrogens (tertiary/aromatic N) is 9. The maximum atomic E-state index is 10.0.